The molecule has 116 valence electrons. The van der Waals surface area contributed by atoms with Gasteiger partial charge in [0.05, 0.1) is 21.1 Å². The Hall–Kier alpha value is -2.15. The Labute approximate surface area is 145 Å². The van der Waals surface area contributed by atoms with Crippen molar-refractivity contribution in [1.29, 1.82) is 0 Å². The number of hydrazone groups is 1. The Bertz CT molecular complexity index is 855. The maximum atomic E-state index is 12.0. The molecule has 2 N–H and O–H groups in total. The molecule has 1 aromatic carbocycles. The number of carbonyl (C=O) groups excluding carboxylic acids is 1. The molecular formula is C15H10Cl2N4OS. The zero-order valence-corrected chi connectivity index (χ0v) is 13.9. The third-order valence-corrected chi connectivity index (χ3v) is 4.42. The second kappa shape index (κ2) is 6.95. The number of benzene rings is 1. The molecule has 2 aromatic heterocycles. The fraction of sp³-hybridized carbons (Fsp3) is 0. The molecule has 0 saturated heterocycles. The van der Waals surface area contributed by atoms with Crippen LogP contribution in [0.15, 0.2) is 47.6 Å². The van der Waals surface area contributed by atoms with E-state index in [4.69, 9.17) is 23.2 Å². The van der Waals surface area contributed by atoms with Crippen LogP contribution in [0.2, 0.25) is 9.36 Å². The van der Waals surface area contributed by atoms with Crippen molar-refractivity contribution in [3.8, 4) is 10.6 Å². The molecule has 0 aliphatic carbocycles. The van der Waals surface area contributed by atoms with Crippen molar-refractivity contribution >= 4 is 46.7 Å². The number of rotatable bonds is 4. The van der Waals surface area contributed by atoms with Crippen LogP contribution in [-0.2, 0) is 0 Å². The third kappa shape index (κ3) is 3.98. The van der Waals surface area contributed by atoms with Gasteiger partial charge in [-0.15, -0.1) is 11.3 Å². The molecule has 0 spiro atoms. The molecule has 3 aromatic rings. The van der Waals surface area contributed by atoms with Gasteiger partial charge in [-0.05, 0) is 35.9 Å². The molecule has 0 saturated carbocycles. The summed E-state index contributed by atoms with van der Waals surface area (Å²) in [4.78, 5) is 12.9. The predicted octanol–water partition coefficient (Wildman–Crippen LogP) is 4.21. The van der Waals surface area contributed by atoms with Gasteiger partial charge < -0.3 is 0 Å². The molecule has 0 fully saturated rings. The summed E-state index contributed by atoms with van der Waals surface area (Å²) in [7, 11) is 0. The third-order valence-electron chi connectivity index (χ3n) is 2.90. The minimum atomic E-state index is -0.402. The zero-order valence-electron chi connectivity index (χ0n) is 11.6. The van der Waals surface area contributed by atoms with Crippen LogP contribution in [0, 0.1) is 0 Å². The molecular weight excluding hydrogens is 355 g/mol. The van der Waals surface area contributed by atoms with Gasteiger partial charge in [-0.1, -0.05) is 35.3 Å². The number of aromatic nitrogens is 2. The Morgan fingerprint density at radius 1 is 1.22 bits per heavy atom. The van der Waals surface area contributed by atoms with Crippen molar-refractivity contribution in [3.05, 3.63) is 63.1 Å². The highest BCUT2D eigenvalue weighted by Gasteiger charge is 2.11. The molecule has 2 heterocycles. The Morgan fingerprint density at radius 2 is 2.00 bits per heavy atom. The SMILES string of the molecule is O=C(N/N=C\c1ccc(Cl)cc1)c1cc(-c2ccc(Cl)s2)[nH]n1. The Morgan fingerprint density at radius 3 is 2.70 bits per heavy atom. The van der Waals surface area contributed by atoms with Crippen molar-refractivity contribution in [1.82, 2.24) is 15.6 Å². The Balaban J connectivity index is 1.64. The number of nitrogens with one attached hydrogen (secondary N) is 2. The van der Waals surface area contributed by atoms with Gasteiger partial charge in [0, 0.05) is 5.02 Å². The number of amides is 1. The molecule has 5 nitrogen and oxygen atoms in total. The summed E-state index contributed by atoms with van der Waals surface area (Å²) < 4.78 is 0.674. The number of aromatic amines is 1. The van der Waals surface area contributed by atoms with E-state index in [-0.39, 0.29) is 5.69 Å². The fourth-order valence-electron chi connectivity index (χ4n) is 1.79. The topological polar surface area (TPSA) is 70.1 Å². The highest BCUT2D eigenvalue weighted by atomic mass is 35.5. The van der Waals surface area contributed by atoms with Gasteiger partial charge in [-0.3, -0.25) is 9.89 Å². The van der Waals surface area contributed by atoms with Crippen LogP contribution in [0.3, 0.4) is 0 Å². The average Bonchev–Trinajstić information content (AvgIpc) is 3.18. The quantitative estimate of drug-likeness (QED) is 0.537. The average molecular weight is 365 g/mol. The van der Waals surface area contributed by atoms with E-state index < -0.39 is 5.91 Å². The Kier molecular flexibility index (Phi) is 4.76. The number of halogens is 2. The molecule has 0 aliphatic heterocycles. The van der Waals surface area contributed by atoms with Crippen LogP contribution < -0.4 is 5.43 Å². The van der Waals surface area contributed by atoms with E-state index in [1.165, 1.54) is 17.6 Å². The van der Waals surface area contributed by atoms with Crippen molar-refractivity contribution in [3.63, 3.8) is 0 Å². The summed E-state index contributed by atoms with van der Waals surface area (Å²) in [6.45, 7) is 0. The number of nitrogens with zero attached hydrogens (tertiary/aromatic N) is 2. The summed E-state index contributed by atoms with van der Waals surface area (Å²) in [6, 6.07) is 12.4. The number of hydrogen-bond donors (Lipinski definition) is 2. The minimum absolute atomic E-state index is 0.248. The monoisotopic (exact) mass is 364 g/mol. The van der Waals surface area contributed by atoms with Crippen molar-refractivity contribution < 1.29 is 4.79 Å². The number of carbonyl (C=O) groups is 1. The first-order chi connectivity index (χ1) is 11.1. The zero-order chi connectivity index (χ0) is 16.2. The maximum absolute atomic E-state index is 12.0. The summed E-state index contributed by atoms with van der Waals surface area (Å²) >= 11 is 13.1. The molecule has 0 unspecified atom stereocenters. The van der Waals surface area contributed by atoms with Gasteiger partial charge in [-0.25, -0.2) is 5.43 Å². The van der Waals surface area contributed by atoms with Crippen LogP contribution in [0.5, 0.6) is 0 Å². The molecule has 0 bridgehead atoms. The van der Waals surface area contributed by atoms with E-state index in [0.717, 1.165) is 16.1 Å². The molecule has 0 atom stereocenters. The van der Waals surface area contributed by atoms with Crippen molar-refractivity contribution in [2.24, 2.45) is 5.10 Å². The smallest absolute Gasteiger partial charge is 0.276 e. The number of hydrogen-bond acceptors (Lipinski definition) is 4. The fourth-order valence-corrected chi connectivity index (χ4v) is 2.93. The number of H-pyrrole nitrogens is 1. The highest BCUT2D eigenvalue weighted by Crippen LogP contribution is 2.29. The highest BCUT2D eigenvalue weighted by molar-refractivity contribution is 7.19. The minimum Gasteiger partial charge on any atom is -0.276 e. The van der Waals surface area contributed by atoms with Crippen molar-refractivity contribution in [2.75, 3.05) is 0 Å². The molecule has 1 amide bonds. The lowest BCUT2D eigenvalue weighted by molar-refractivity contribution is 0.0950. The molecule has 0 radical (unpaired) electrons. The second-order valence-electron chi connectivity index (χ2n) is 4.52. The van der Waals surface area contributed by atoms with Gasteiger partial charge in [0.1, 0.15) is 0 Å². The largest absolute Gasteiger partial charge is 0.291 e. The van der Waals surface area contributed by atoms with Gasteiger partial charge in [0.25, 0.3) is 5.91 Å². The van der Waals surface area contributed by atoms with E-state index in [1.807, 2.05) is 6.07 Å². The summed E-state index contributed by atoms with van der Waals surface area (Å²) in [5, 5.41) is 11.3. The van der Waals surface area contributed by atoms with Crippen LogP contribution >= 0.6 is 34.5 Å². The predicted molar refractivity (Wildman–Crippen MR) is 93.4 cm³/mol. The van der Waals surface area contributed by atoms with Crippen LogP contribution in [-0.4, -0.2) is 22.3 Å². The van der Waals surface area contributed by atoms with E-state index >= 15 is 0 Å². The van der Waals surface area contributed by atoms with Crippen molar-refractivity contribution in [2.45, 2.75) is 0 Å². The van der Waals surface area contributed by atoms with Gasteiger partial charge >= 0.3 is 0 Å². The van der Waals surface area contributed by atoms with E-state index in [1.54, 1.807) is 36.4 Å². The molecule has 23 heavy (non-hydrogen) atoms. The van der Waals surface area contributed by atoms with Gasteiger partial charge in [0.15, 0.2) is 5.69 Å². The lowest BCUT2D eigenvalue weighted by atomic mass is 10.2. The number of thiophene rings is 1. The van der Waals surface area contributed by atoms with Crippen LogP contribution in [0.1, 0.15) is 16.1 Å². The first-order valence-electron chi connectivity index (χ1n) is 6.52. The molecule has 3 rings (SSSR count). The molecule has 8 heteroatoms. The van der Waals surface area contributed by atoms with E-state index in [2.05, 4.69) is 20.7 Å². The van der Waals surface area contributed by atoms with E-state index in [9.17, 15) is 4.79 Å². The first kappa shape index (κ1) is 15.7. The van der Waals surface area contributed by atoms with Gasteiger partial charge in [-0.2, -0.15) is 10.2 Å². The standard InChI is InChI=1S/C15H10Cl2N4OS/c16-10-3-1-9(2-4-10)8-18-21-15(22)12-7-11(19-20-12)13-5-6-14(17)23-13/h1-8H,(H,19,20)(H,21,22)/b18-8-. The lowest BCUT2D eigenvalue weighted by Crippen LogP contribution is -2.17. The lowest BCUT2D eigenvalue weighted by Gasteiger charge is -1.95. The normalized spacial score (nSPS) is 11.0. The van der Waals surface area contributed by atoms with Gasteiger partial charge in [0.2, 0.25) is 0 Å². The summed E-state index contributed by atoms with van der Waals surface area (Å²) in [5.41, 5.74) is 4.23. The van der Waals surface area contributed by atoms with E-state index in [0.29, 0.717) is 9.36 Å². The molecule has 0 aliphatic rings. The second-order valence-corrected chi connectivity index (χ2v) is 6.67. The van der Waals surface area contributed by atoms with Crippen LogP contribution in [0.25, 0.3) is 10.6 Å². The maximum Gasteiger partial charge on any atom is 0.291 e. The first-order valence-corrected chi connectivity index (χ1v) is 8.09. The summed E-state index contributed by atoms with van der Waals surface area (Å²) in [6.07, 6.45) is 1.53. The van der Waals surface area contributed by atoms with Crippen LogP contribution in [0.4, 0.5) is 0 Å². The summed E-state index contributed by atoms with van der Waals surface area (Å²) in [5.74, 6) is -0.402.